The lowest BCUT2D eigenvalue weighted by Crippen LogP contribution is -2.34. The van der Waals surface area contributed by atoms with E-state index in [2.05, 4.69) is 22.9 Å². The predicted octanol–water partition coefficient (Wildman–Crippen LogP) is 2.57. The SMILES string of the molecule is Cc1ccc(Br)c(C(=O)N2CC(CN)CC2C)c1. The maximum absolute atomic E-state index is 12.5. The fourth-order valence-corrected chi connectivity index (χ4v) is 2.97. The molecule has 0 bridgehead atoms. The van der Waals surface area contributed by atoms with Crippen LogP contribution >= 0.6 is 15.9 Å². The average molecular weight is 311 g/mol. The molecule has 0 radical (unpaired) electrons. The lowest BCUT2D eigenvalue weighted by molar-refractivity contribution is 0.0742. The van der Waals surface area contributed by atoms with E-state index in [4.69, 9.17) is 5.73 Å². The predicted molar refractivity (Wildman–Crippen MR) is 76.5 cm³/mol. The van der Waals surface area contributed by atoms with Crippen molar-refractivity contribution in [1.82, 2.24) is 4.90 Å². The molecule has 2 unspecified atom stereocenters. The standard InChI is InChI=1S/C14H19BrN2O/c1-9-3-4-13(15)12(5-9)14(18)17-8-11(7-16)6-10(17)2/h3-5,10-11H,6-8,16H2,1-2H3. The summed E-state index contributed by atoms with van der Waals surface area (Å²) < 4.78 is 0.862. The number of nitrogens with zero attached hydrogens (tertiary/aromatic N) is 1. The molecule has 1 aliphatic rings. The molecule has 1 amide bonds. The van der Waals surface area contributed by atoms with Crippen LogP contribution in [0.25, 0.3) is 0 Å². The van der Waals surface area contributed by atoms with Crippen molar-refractivity contribution >= 4 is 21.8 Å². The Morgan fingerprint density at radius 3 is 2.89 bits per heavy atom. The van der Waals surface area contributed by atoms with Crippen LogP contribution in [0.15, 0.2) is 22.7 Å². The van der Waals surface area contributed by atoms with Crippen molar-refractivity contribution in [2.45, 2.75) is 26.3 Å². The lowest BCUT2D eigenvalue weighted by Gasteiger charge is -2.22. The molecular formula is C14H19BrN2O. The number of benzene rings is 1. The lowest BCUT2D eigenvalue weighted by atomic mass is 10.1. The summed E-state index contributed by atoms with van der Waals surface area (Å²) in [5, 5.41) is 0. The molecule has 4 heteroatoms. The molecule has 2 N–H and O–H groups in total. The molecule has 2 atom stereocenters. The summed E-state index contributed by atoms with van der Waals surface area (Å²) in [5.74, 6) is 0.543. The highest BCUT2D eigenvalue weighted by atomic mass is 79.9. The van der Waals surface area contributed by atoms with Gasteiger partial charge in [0.2, 0.25) is 0 Å². The van der Waals surface area contributed by atoms with Crippen LogP contribution in [-0.2, 0) is 0 Å². The fraction of sp³-hybridized carbons (Fsp3) is 0.500. The minimum atomic E-state index is 0.106. The molecule has 0 saturated carbocycles. The number of rotatable bonds is 2. The number of nitrogens with two attached hydrogens (primary N) is 1. The second kappa shape index (κ2) is 5.41. The molecule has 98 valence electrons. The van der Waals surface area contributed by atoms with Crippen molar-refractivity contribution in [3.8, 4) is 0 Å². The molecule has 0 aromatic heterocycles. The molecule has 1 saturated heterocycles. The first-order valence-electron chi connectivity index (χ1n) is 6.30. The van der Waals surface area contributed by atoms with Gasteiger partial charge >= 0.3 is 0 Å². The molecule has 1 aromatic carbocycles. The topological polar surface area (TPSA) is 46.3 Å². The number of carbonyl (C=O) groups is 1. The number of hydrogen-bond donors (Lipinski definition) is 1. The van der Waals surface area contributed by atoms with Crippen LogP contribution in [0.5, 0.6) is 0 Å². The van der Waals surface area contributed by atoms with Gasteiger partial charge in [0.1, 0.15) is 0 Å². The Kier molecular flexibility index (Phi) is 4.07. The fourth-order valence-electron chi connectivity index (χ4n) is 2.55. The number of halogens is 1. The van der Waals surface area contributed by atoms with Crippen LogP contribution in [0, 0.1) is 12.8 Å². The molecule has 0 spiro atoms. The summed E-state index contributed by atoms with van der Waals surface area (Å²) in [6.07, 6.45) is 1.01. The Hall–Kier alpha value is -0.870. The summed E-state index contributed by atoms with van der Waals surface area (Å²) in [4.78, 5) is 14.5. The Morgan fingerprint density at radius 1 is 1.56 bits per heavy atom. The summed E-state index contributed by atoms with van der Waals surface area (Å²) in [6, 6.07) is 6.15. The van der Waals surface area contributed by atoms with Gasteiger partial charge in [-0.2, -0.15) is 0 Å². The number of hydrogen-bond acceptors (Lipinski definition) is 2. The summed E-state index contributed by atoms with van der Waals surface area (Å²) in [6.45, 7) is 5.52. The van der Waals surface area contributed by atoms with E-state index in [-0.39, 0.29) is 11.9 Å². The van der Waals surface area contributed by atoms with Crippen LogP contribution in [0.2, 0.25) is 0 Å². The Morgan fingerprint density at radius 2 is 2.28 bits per heavy atom. The monoisotopic (exact) mass is 310 g/mol. The second-order valence-corrected chi connectivity index (χ2v) is 5.98. The van der Waals surface area contributed by atoms with Gasteiger partial charge in [-0.3, -0.25) is 4.79 Å². The summed E-state index contributed by atoms with van der Waals surface area (Å²) >= 11 is 3.46. The van der Waals surface area contributed by atoms with Crippen molar-refractivity contribution in [2.75, 3.05) is 13.1 Å². The smallest absolute Gasteiger partial charge is 0.255 e. The molecule has 1 aromatic rings. The van der Waals surface area contributed by atoms with Gasteiger partial charge in [-0.25, -0.2) is 0 Å². The van der Waals surface area contributed by atoms with Crippen LogP contribution in [0.3, 0.4) is 0 Å². The van der Waals surface area contributed by atoms with E-state index >= 15 is 0 Å². The van der Waals surface area contributed by atoms with E-state index in [1.165, 1.54) is 0 Å². The van der Waals surface area contributed by atoms with Gasteiger partial charge in [0.25, 0.3) is 5.91 Å². The number of carbonyl (C=O) groups excluding carboxylic acids is 1. The van der Waals surface area contributed by atoms with E-state index in [0.717, 1.165) is 28.6 Å². The first-order valence-corrected chi connectivity index (χ1v) is 7.09. The molecule has 0 aliphatic carbocycles. The Labute approximate surface area is 116 Å². The molecule has 18 heavy (non-hydrogen) atoms. The maximum atomic E-state index is 12.5. The van der Waals surface area contributed by atoms with Crippen molar-refractivity contribution in [3.63, 3.8) is 0 Å². The highest BCUT2D eigenvalue weighted by molar-refractivity contribution is 9.10. The largest absolute Gasteiger partial charge is 0.336 e. The van der Waals surface area contributed by atoms with Gasteiger partial charge in [0.15, 0.2) is 0 Å². The van der Waals surface area contributed by atoms with Crippen LogP contribution in [-0.4, -0.2) is 29.9 Å². The van der Waals surface area contributed by atoms with E-state index in [9.17, 15) is 4.79 Å². The van der Waals surface area contributed by atoms with Gasteiger partial charge in [-0.15, -0.1) is 0 Å². The summed E-state index contributed by atoms with van der Waals surface area (Å²) in [5.41, 5.74) is 7.55. The first kappa shape index (κ1) is 13.6. The molecular weight excluding hydrogens is 292 g/mol. The van der Waals surface area contributed by atoms with Gasteiger partial charge in [-0.05, 0) is 60.8 Å². The quantitative estimate of drug-likeness (QED) is 0.912. The molecule has 3 nitrogen and oxygen atoms in total. The number of amides is 1. The zero-order valence-corrected chi connectivity index (χ0v) is 12.4. The maximum Gasteiger partial charge on any atom is 0.255 e. The Balaban J connectivity index is 2.24. The van der Waals surface area contributed by atoms with Crippen molar-refractivity contribution in [1.29, 1.82) is 0 Å². The average Bonchev–Trinajstić information content (AvgIpc) is 2.73. The molecule has 1 fully saturated rings. The minimum absolute atomic E-state index is 0.106. The zero-order valence-electron chi connectivity index (χ0n) is 10.8. The van der Waals surface area contributed by atoms with E-state index in [0.29, 0.717) is 12.5 Å². The second-order valence-electron chi connectivity index (χ2n) is 5.13. The molecule has 1 heterocycles. The molecule has 1 aliphatic heterocycles. The number of likely N-dealkylation sites (tertiary alicyclic amines) is 1. The van der Waals surface area contributed by atoms with E-state index < -0.39 is 0 Å². The zero-order chi connectivity index (χ0) is 13.3. The van der Waals surface area contributed by atoms with E-state index in [1.807, 2.05) is 30.0 Å². The van der Waals surface area contributed by atoms with Crippen molar-refractivity contribution in [2.24, 2.45) is 11.7 Å². The third-order valence-electron chi connectivity index (χ3n) is 3.61. The van der Waals surface area contributed by atoms with Crippen molar-refractivity contribution < 1.29 is 4.79 Å². The van der Waals surface area contributed by atoms with Gasteiger partial charge < -0.3 is 10.6 Å². The normalized spacial score (nSPS) is 23.4. The number of aryl methyl sites for hydroxylation is 1. The Bertz CT molecular complexity index is 461. The highest BCUT2D eigenvalue weighted by Crippen LogP contribution is 2.27. The summed E-state index contributed by atoms with van der Waals surface area (Å²) in [7, 11) is 0. The van der Waals surface area contributed by atoms with Crippen LogP contribution in [0.1, 0.15) is 29.3 Å². The van der Waals surface area contributed by atoms with Gasteiger partial charge in [0, 0.05) is 17.1 Å². The third kappa shape index (κ3) is 2.59. The third-order valence-corrected chi connectivity index (χ3v) is 4.30. The molecule has 2 rings (SSSR count). The van der Waals surface area contributed by atoms with Crippen LogP contribution < -0.4 is 5.73 Å². The highest BCUT2D eigenvalue weighted by Gasteiger charge is 2.32. The first-order chi connectivity index (χ1) is 8.52. The van der Waals surface area contributed by atoms with Gasteiger partial charge in [-0.1, -0.05) is 11.6 Å². The van der Waals surface area contributed by atoms with Crippen molar-refractivity contribution in [3.05, 3.63) is 33.8 Å². The minimum Gasteiger partial charge on any atom is -0.336 e. The van der Waals surface area contributed by atoms with Crippen LogP contribution in [0.4, 0.5) is 0 Å². The van der Waals surface area contributed by atoms with E-state index in [1.54, 1.807) is 0 Å². The van der Waals surface area contributed by atoms with Gasteiger partial charge in [0.05, 0.1) is 5.56 Å².